The maximum atomic E-state index is 14.3. The fourth-order valence-electron chi connectivity index (χ4n) is 5.36. The van der Waals surface area contributed by atoms with E-state index in [0.717, 1.165) is 49.6 Å². The van der Waals surface area contributed by atoms with Crippen LogP contribution in [0.25, 0.3) is 49.2 Å². The van der Waals surface area contributed by atoms with Crippen molar-refractivity contribution in [3.8, 4) is 11.1 Å². The molecule has 0 atom stereocenters. The number of rotatable bonds is 3. The van der Waals surface area contributed by atoms with Crippen LogP contribution in [-0.2, 0) is 0 Å². The van der Waals surface area contributed by atoms with Crippen LogP contribution in [0.2, 0.25) is 0 Å². The van der Waals surface area contributed by atoms with Crippen LogP contribution in [0.5, 0.6) is 0 Å². The van der Waals surface area contributed by atoms with Crippen LogP contribution >= 0.6 is 0 Å². The lowest BCUT2D eigenvalue weighted by Gasteiger charge is -2.09. The first-order valence-corrected chi connectivity index (χ1v) is 11.2. The minimum Gasteiger partial charge on any atom is -0.308 e. The molecule has 7 aromatic rings. The number of fused-ring (bicyclic) bond motifs is 4. The van der Waals surface area contributed by atoms with Crippen molar-refractivity contribution in [1.29, 1.82) is 0 Å². The van der Waals surface area contributed by atoms with E-state index in [9.17, 15) is 4.79 Å². The van der Waals surface area contributed by atoms with Crippen LogP contribution in [-0.4, -0.2) is 10.2 Å². The molecule has 154 valence electrons. The molecule has 4 aromatic carbocycles. The summed E-state index contributed by atoms with van der Waals surface area (Å²) in [5.74, 6) is 0.0611. The van der Waals surface area contributed by atoms with Gasteiger partial charge in [-0.3, -0.25) is 4.79 Å². The van der Waals surface area contributed by atoms with Gasteiger partial charge in [-0.2, -0.15) is 0 Å². The second-order valence-corrected chi connectivity index (χ2v) is 8.50. The summed E-state index contributed by atoms with van der Waals surface area (Å²) in [4.78, 5) is 14.3. The quantitative estimate of drug-likeness (QED) is 0.267. The number of nitrogens with zero attached hydrogens (tertiary/aromatic N) is 1. The third kappa shape index (κ3) is 2.46. The van der Waals surface area contributed by atoms with Crippen LogP contribution < -0.4 is 0 Å². The fourth-order valence-corrected chi connectivity index (χ4v) is 5.36. The van der Waals surface area contributed by atoms with Gasteiger partial charge in [0.25, 0.3) is 0 Å². The SMILES string of the molecule is O=C(c1cccc2ccccc12)c1c(-c2ccccc2)c2c3ccccc3c3cccc1n32. The highest BCUT2D eigenvalue weighted by molar-refractivity contribution is 6.28. The van der Waals surface area contributed by atoms with Gasteiger partial charge in [0, 0.05) is 21.9 Å². The first-order chi connectivity index (χ1) is 16.3. The topological polar surface area (TPSA) is 21.5 Å². The number of hydrogen-bond donors (Lipinski definition) is 0. The number of carbonyl (C=O) groups is 1. The summed E-state index contributed by atoms with van der Waals surface area (Å²) in [6, 6.07) is 39.2. The van der Waals surface area contributed by atoms with Crippen LogP contribution in [0.3, 0.4) is 0 Å². The Hall–Kier alpha value is -4.43. The Kier molecular flexibility index (Phi) is 3.73. The van der Waals surface area contributed by atoms with Crippen molar-refractivity contribution >= 4 is 43.9 Å². The van der Waals surface area contributed by atoms with Crippen molar-refractivity contribution in [3.05, 3.63) is 126 Å². The molecule has 0 fully saturated rings. The van der Waals surface area contributed by atoms with E-state index in [4.69, 9.17) is 0 Å². The number of pyridine rings is 1. The van der Waals surface area contributed by atoms with Gasteiger partial charge in [0.15, 0.2) is 5.78 Å². The zero-order valence-electron chi connectivity index (χ0n) is 17.8. The molecule has 0 unspecified atom stereocenters. The van der Waals surface area contributed by atoms with Crippen molar-refractivity contribution < 1.29 is 4.79 Å². The summed E-state index contributed by atoms with van der Waals surface area (Å²) in [7, 11) is 0. The molecule has 2 heteroatoms. The standard InChI is InChI=1S/C31H19NO/c33-31(25-17-8-13-20-10-4-5-14-22(20)25)29-27-19-9-18-26-23-15-6-7-16-24(23)30(32(26)27)28(29)21-11-2-1-3-12-21/h1-19H. The van der Waals surface area contributed by atoms with Gasteiger partial charge in [-0.1, -0.05) is 103 Å². The van der Waals surface area contributed by atoms with E-state index in [1.54, 1.807) is 0 Å². The maximum absolute atomic E-state index is 14.3. The van der Waals surface area contributed by atoms with Gasteiger partial charge in [0.1, 0.15) is 0 Å². The number of aromatic nitrogens is 1. The highest BCUT2D eigenvalue weighted by Gasteiger charge is 2.27. The normalized spacial score (nSPS) is 11.8. The molecule has 0 aliphatic heterocycles. The lowest BCUT2D eigenvalue weighted by Crippen LogP contribution is -2.04. The summed E-state index contributed by atoms with van der Waals surface area (Å²) in [6.45, 7) is 0. The van der Waals surface area contributed by atoms with Crippen molar-refractivity contribution in [1.82, 2.24) is 4.40 Å². The molecule has 0 radical (unpaired) electrons. The molecule has 0 spiro atoms. The average Bonchev–Trinajstić information content (AvgIpc) is 3.41. The molecule has 0 aliphatic rings. The number of carbonyl (C=O) groups excluding carboxylic acids is 1. The molecule has 2 nitrogen and oxygen atoms in total. The fraction of sp³-hybridized carbons (Fsp3) is 0. The number of hydrogen-bond acceptors (Lipinski definition) is 1. The first-order valence-electron chi connectivity index (χ1n) is 11.2. The molecule has 0 saturated heterocycles. The third-order valence-electron chi connectivity index (χ3n) is 6.74. The molecule has 0 N–H and O–H groups in total. The Morgan fingerprint density at radius 2 is 1.18 bits per heavy atom. The Balaban J connectivity index is 1.66. The minimum absolute atomic E-state index is 0.0611. The van der Waals surface area contributed by atoms with E-state index >= 15 is 0 Å². The maximum Gasteiger partial charge on any atom is 0.196 e. The minimum atomic E-state index is 0.0611. The van der Waals surface area contributed by atoms with Crippen molar-refractivity contribution in [2.24, 2.45) is 0 Å². The van der Waals surface area contributed by atoms with Crippen LogP contribution in [0.15, 0.2) is 115 Å². The van der Waals surface area contributed by atoms with E-state index in [1.165, 1.54) is 10.8 Å². The molecule has 0 bridgehead atoms. The molecular weight excluding hydrogens is 402 g/mol. The number of benzene rings is 4. The molecular formula is C31H19NO. The zero-order chi connectivity index (χ0) is 21.9. The second kappa shape index (κ2) is 6.78. The molecule has 7 rings (SSSR count). The summed E-state index contributed by atoms with van der Waals surface area (Å²) in [6.07, 6.45) is 0. The van der Waals surface area contributed by atoms with Gasteiger partial charge in [-0.15, -0.1) is 0 Å². The van der Waals surface area contributed by atoms with Crippen LogP contribution in [0.4, 0.5) is 0 Å². The third-order valence-corrected chi connectivity index (χ3v) is 6.74. The predicted octanol–water partition coefficient (Wildman–Crippen LogP) is 7.73. The molecule has 3 aromatic heterocycles. The molecule has 0 amide bonds. The van der Waals surface area contributed by atoms with E-state index in [-0.39, 0.29) is 5.78 Å². The van der Waals surface area contributed by atoms with Crippen molar-refractivity contribution in [2.45, 2.75) is 0 Å². The van der Waals surface area contributed by atoms with Gasteiger partial charge < -0.3 is 4.40 Å². The smallest absolute Gasteiger partial charge is 0.196 e. The number of ketones is 1. The van der Waals surface area contributed by atoms with E-state index in [0.29, 0.717) is 0 Å². The second-order valence-electron chi connectivity index (χ2n) is 8.50. The highest BCUT2D eigenvalue weighted by Crippen LogP contribution is 2.43. The van der Waals surface area contributed by atoms with Crippen LogP contribution in [0, 0.1) is 0 Å². The van der Waals surface area contributed by atoms with Gasteiger partial charge in [-0.25, -0.2) is 0 Å². The Bertz CT molecular complexity index is 1820. The van der Waals surface area contributed by atoms with Crippen molar-refractivity contribution in [2.75, 3.05) is 0 Å². The summed E-state index contributed by atoms with van der Waals surface area (Å²) in [5.41, 5.74) is 6.76. The van der Waals surface area contributed by atoms with Gasteiger partial charge >= 0.3 is 0 Å². The first kappa shape index (κ1) is 18.2. The summed E-state index contributed by atoms with van der Waals surface area (Å²) < 4.78 is 2.27. The van der Waals surface area contributed by atoms with Gasteiger partial charge in [0.2, 0.25) is 0 Å². The van der Waals surface area contributed by atoms with Crippen LogP contribution in [0.1, 0.15) is 15.9 Å². The lowest BCUT2D eigenvalue weighted by atomic mass is 9.92. The average molecular weight is 421 g/mol. The van der Waals surface area contributed by atoms with Gasteiger partial charge in [0.05, 0.1) is 22.1 Å². The van der Waals surface area contributed by atoms with E-state index < -0.39 is 0 Å². The highest BCUT2D eigenvalue weighted by atomic mass is 16.1. The van der Waals surface area contributed by atoms with Crippen molar-refractivity contribution in [3.63, 3.8) is 0 Å². The molecule has 0 aliphatic carbocycles. The summed E-state index contributed by atoms with van der Waals surface area (Å²) in [5, 5.41) is 4.44. The van der Waals surface area contributed by atoms with E-state index in [2.05, 4.69) is 71.1 Å². The Morgan fingerprint density at radius 3 is 2.03 bits per heavy atom. The lowest BCUT2D eigenvalue weighted by molar-refractivity contribution is 0.104. The monoisotopic (exact) mass is 421 g/mol. The Labute approximate surface area is 190 Å². The largest absolute Gasteiger partial charge is 0.308 e. The van der Waals surface area contributed by atoms with E-state index in [1.807, 2.05) is 48.5 Å². The molecule has 3 heterocycles. The molecule has 33 heavy (non-hydrogen) atoms. The molecule has 0 saturated carbocycles. The van der Waals surface area contributed by atoms with Gasteiger partial charge in [-0.05, 0) is 28.5 Å². The Morgan fingerprint density at radius 1 is 0.545 bits per heavy atom. The zero-order valence-corrected chi connectivity index (χ0v) is 17.8. The summed E-state index contributed by atoms with van der Waals surface area (Å²) >= 11 is 0. The predicted molar refractivity (Wildman–Crippen MR) is 136 cm³/mol.